The van der Waals surface area contributed by atoms with E-state index >= 15 is 0 Å². The monoisotopic (exact) mass is 392 g/mol. The molecule has 1 saturated heterocycles. The Morgan fingerprint density at radius 2 is 2.12 bits per heavy atom. The van der Waals surface area contributed by atoms with Crippen LogP contribution in [0.2, 0.25) is 5.02 Å². The highest BCUT2D eigenvalue weighted by molar-refractivity contribution is 6.31. The van der Waals surface area contributed by atoms with Gasteiger partial charge in [-0.3, -0.25) is 0 Å². The van der Waals surface area contributed by atoms with E-state index in [2.05, 4.69) is 10.2 Å². The van der Waals surface area contributed by atoms with Gasteiger partial charge in [0.1, 0.15) is 5.75 Å². The number of benzene rings is 2. The molecule has 2 aliphatic heterocycles. The fourth-order valence-corrected chi connectivity index (χ4v) is 4.05. The fraction of sp³-hybridized carbons (Fsp3) is 0.316. The van der Waals surface area contributed by atoms with Gasteiger partial charge in [0.2, 0.25) is 0 Å². The van der Waals surface area contributed by atoms with Crippen molar-refractivity contribution in [3.05, 3.63) is 53.1 Å². The van der Waals surface area contributed by atoms with E-state index in [1.165, 1.54) is 0 Å². The smallest absolute Gasteiger partial charge is 0.408 e. The number of nitrogens with one attached hydrogen (secondary N) is 1. The summed E-state index contributed by atoms with van der Waals surface area (Å²) in [5, 5.41) is 3.60. The minimum atomic E-state index is -0.513. The zero-order valence-corrected chi connectivity index (χ0v) is 15.5. The van der Waals surface area contributed by atoms with Gasteiger partial charge >= 0.3 is 6.09 Å². The number of rotatable bonds is 2. The molecule has 0 unspecified atom stereocenters. The highest BCUT2D eigenvalue weighted by atomic mass is 35.5. The normalized spacial score (nSPS) is 20.8. The third-order valence-corrected chi connectivity index (χ3v) is 5.15. The number of anilines is 1. The van der Waals surface area contributed by atoms with Crippen molar-refractivity contribution in [3.63, 3.8) is 0 Å². The molecule has 26 heavy (non-hydrogen) atoms. The van der Waals surface area contributed by atoms with Crippen LogP contribution in [0.3, 0.4) is 0 Å². The van der Waals surface area contributed by atoms with E-state index in [1.54, 1.807) is 0 Å². The molecule has 7 heteroatoms. The van der Waals surface area contributed by atoms with E-state index in [0.29, 0.717) is 5.02 Å². The molecule has 0 spiro atoms. The first kappa shape index (κ1) is 17.3. The highest BCUT2D eigenvalue weighted by Crippen LogP contribution is 2.48. The van der Waals surface area contributed by atoms with Crippen molar-refractivity contribution in [1.29, 1.82) is 0 Å². The number of hydrogen-bond donors (Lipinski definition) is 1. The molecule has 2 aromatic carbocycles. The zero-order chi connectivity index (χ0) is 18.1. The third kappa shape index (κ3) is 3.17. The van der Waals surface area contributed by atoms with Gasteiger partial charge in [-0.05, 0) is 37.1 Å². The third-order valence-electron chi connectivity index (χ3n) is 4.81. The number of halogens is 2. The molecule has 5 nitrogen and oxygen atoms in total. The predicted molar refractivity (Wildman–Crippen MR) is 101 cm³/mol. The number of piperidine rings is 1. The summed E-state index contributed by atoms with van der Waals surface area (Å²) in [4.78, 5) is 14.2. The maximum Gasteiger partial charge on any atom is 0.408 e. The molecular weight excluding hydrogens is 375 g/mol. The lowest BCUT2D eigenvalue weighted by molar-refractivity contribution is 0.155. The Bertz CT molecular complexity index is 830. The van der Waals surface area contributed by atoms with Crippen LogP contribution in [-0.4, -0.2) is 24.7 Å². The number of para-hydroxylation sites is 1. The number of alkyl carbamates (subject to hydrolysis) is 1. The fourth-order valence-electron chi connectivity index (χ4n) is 3.78. The largest absolute Gasteiger partial charge is 0.455 e. The number of hydrogen-bond acceptors (Lipinski definition) is 4. The van der Waals surface area contributed by atoms with Crippen molar-refractivity contribution >= 4 is 35.0 Å². The Labute approximate surface area is 161 Å². The van der Waals surface area contributed by atoms with E-state index in [4.69, 9.17) is 32.7 Å². The Morgan fingerprint density at radius 1 is 1.27 bits per heavy atom. The van der Waals surface area contributed by atoms with Crippen molar-refractivity contribution in [2.45, 2.75) is 24.9 Å². The van der Waals surface area contributed by atoms with Gasteiger partial charge in [0.05, 0.1) is 17.8 Å². The summed E-state index contributed by atoms with van der Waals surface area (Å²) < 4.78 is 11.1. The van der Waals surface area contributed by atoms with Crippen LogP contribution >= 0.6 is 23.2 Å². The summed E-state index contributed by atoms with van der Waals surface area (Å²) in [6.07, 6.45) is 1.25. The van der Waals surface area contributed by atoms with Crippen LogP contribution in [0.25, 0.3) is 0 Å². The first-order chi connectivity index (χ1) is 12.7. The molecule has 0 aliphatic carbocycles. The molecule has 1 fully saturated rings. The zero-order valence-electron chi connectivity index (χ0n) is 14.0. The van der Waals surface area contributed by atoms with Gasteiger partial charge in [-0.2, -0.15) is 0 Å². The van der Waals surface area contributed by atoms with Crippen molar-refractivity contribution in [2.75, 3.05) is 17.5 Å². The number of carbonyl (C=O) groups is 1. The lowest BCUT2D eigenvalue weighted by Gasteiger charge is -2.42. The topological polar surface area (TPSA) is 50.8 Å². The van der Waals surface area contributed by atoms with E-state index in [-0.39, 0.29) is 18.1 Å². The Balaban J connectivity index is 1.80. The van der Waals surface area contributed by atoms with Gasteiger partial charge in [0.25, 0.3) is 0 Å². The quantitative estimate of drug-likeness (QED) is 0.724. The van der Waals surface area contributed by atoms with E-state index in [0.717, 1.165) is 42.1 Å². The highest BCUT2D eigenvalue weighted by Gasteiger charge is 2.38. The van der Waals surface area contributed by atoms with Crippen LogP contribution in [0, 0.1) is 0 Å². The molecule has 0 radical (unpaired) electrons. The molecule has 2 atom stereocenters. The molecule has 2 heterocycles. The molecule has 0 saturated carbocycles. The number of alkyl halides is 1. The lowest BCUT2D eigenvalue weighted by atomic mass is 9.89. The standard InChI is InChI=1S/C19H18Cl2N2O3/c20-11-25-19(24)22-14-5-3-9-23-15-10-12(21)7-8-17(15)26-16-6-2-1-4-13(16)18(14)23/h1-2,4,6-8,10,14,18H,3,5,9,11H2,(H,22,24)/t14-,18-/m1/s1. The van der Waals surface area contributed by atoms with E-state index in [9.17, 15) is 4.79 Å². The minimum Gasteiger partial charge on any atom is -0.455 e. The second-order valence-corrected chi connectivity index (χ2v) is 6.98. The van der Waals surface area contributed by atoms with Gasteiger partial charge < -0.3 is 19.7 Å². The summed E-state index contributed by atoms with van der Waals surface area (Å²) in [5.41, 5.74) is 1.95. The maximum atomic E-state index is 12.0. The summed E-state index contributed by atoms with van der Waals surface area (Å²) >= 11 is 11.8. The lowest BCUT2D eigenvalue weighted by Crippen LogP contribution is -2.50. The number of fused-ring (bicyclic) bond motifs is 5. The van der Waals surface area contributed by atoms with Gasteiger partial charge in [-0.25, -0.2) is 4.79 Å². The SMILES string of the molecule is O=C(N[C@@H]1CCCN2c3cc(Cl)ccc3Oc3ccccc3[C@H]12)OCCl. The second-order valence-electron chi connectivity index (χ2n) is 6.32. The van der Waals surface area contributed by atoms with Crippen molar-refractivity contribution in [3.8, 4) is 11.5 Å². The summed E-state index contributed by atoms with van der Waals surface area (Å²) in [7, 11) is 0. The Kier molecular flexibility index (Phi) is 4.83. The predicted octanol–water partition coefficient (Wildman–Crippen LogP) is 5.08. The average Bonchev–Trinajstić information content (AvgIpc) is 2.77. The first-order valence-corrected chi connectivity index (χ1v) is 9.41. The van der Waals surface area contributed by atoms with Gasteiger partial charge in [0, 0.05) is 17.1 Å². The molecule has 0 aromatic heterocycles. The van der Waals surface area contributed by atoms with Crippen molar-refractivity contribution in [1.82, 2.24) is 5.32 Å². The molecule has 2 aromatic rings. The van der Waals surface area contributed by atoms with Gasteiger partial charge in [-0.1, -0.05) is 41.4 Å². The molecule has 136 valence electrons. The molecule has 1 N–H and O–H groups in total. The maximum absolute atomic E-state index is 12.0. The minimum absolute atomic E-state index is 0.0810. The summed E-state index contributed by atoms with van der Waals surface area (Å²) in [6, 6.07) is 13.1. The van der Waals surface area contributed by atoms with E-state index < -0.39 is 6.09 Å². The Hall–Kier alpha value is -2.11. The molecular formula is C19H18Cl2N2O3. The molecule has 1 amide bonds. The number of carbonyl (C=O) groups excluding carboxylic acids is 1. The van der Waals surface area contributed by atoms with Crippen LogP contribution in [-0.2, 0) is 4.74 Å². The Morgan fingerprint density at radius 3 is 2.96 bits per heavy atom. The van der Waals surface area contributed by atoms with Crippen LogP contribution in [0.15, 0.2) is 42.5 Å². The van der Waals surface area contributed by atoms with E-state index in [1.807, 2.05) is 42.5 Å². The number of ether oxygens (including phenoxy) is 2. The molecule has 4 rings (SSSR count). The molecule has 0 bridgehead atoms. The first-order valence-electron chi connectivity index (χ1n) is 8.49. The number of amides is 1. The summed E-state index contributed by atoms with van der Waals surface area (Å²) in [6.45, 7) is 0.846. The van der Waals surface area contributed by atoms with Crippen LogP contribution in [0.5, 0.6) is 11.5 Å². The van der Waals surface area contributed by atoms with Gasteiger partial charge in [-0.15, -0.1) is 0 Å². The van der Waals surface area contributed by atoms with Crippen LogP contribution < -0.4 is 15.0 Å². The van der Waals surface area contributed by atoms with Crippen LogP contribution in [0.1, 0.15) is 24.4 Å². The summed E-state index contributed by atoms with van der Waals surface area (Å²) in [5.74, 6) is 1.54. The molecule has 2 aliphatic rings. The second kappa shape index (κ2) is 7.25. The van der Waals surface area contributed by atoms with Crippen LogP contribution in [0.4, 0.5) is 10.5 Å². The number of nitrogens with zero attached hydrogens (tertiary/aromatic N) is 1. The van der Waals surface area contributed by atoms with Crippen molar-refractivity contribution in [2.24, 2.45) is 0 Å². The van der Waals surface area contributed by atoms with Gasteiger partial charge in [0.15, 0.2) is 11.8 Å². The van der Waals surface area contributed by atoms with Crippen molar-refractivity contribution < 1.29 is 14.3 Å². The average molecular weight is 393 g/mol.